The van der Waals surface area contributed by atoms with Gasteiger partial charge in [-0.25, -0.2) is 0 Å². The predicted molar refractivity (Wildman–Crippen MR) is 83.5 cm³/mol. The lowest BCUT2D eigenvalue weighted by molar-refractivity contribution is -0.125. The molecule has 0 aromatic rings. The van der Waals surface area contributed by atoms with E-state index in [0.717, 1.165) is 19.4 Å². The summed E-state index contributed by atoms with van der Waals surface area (Å²) in [5, 5.41) is 6.74. The molecule has 0 bridgehead atoms. The maximum atomic E-state index is 12.5. The monoisotopic (exact) mass is 280 g/mol. The molecule has 2 rings (SSSR count). The second-order valence-corrected chi connectivity index (χ2v) is 8.01. The number of nitrogens with one attached hydrogen (secondary N) is 2. The highest BCUT2D eigenvalue weighted by molar-refractivity contribution is 5.82. The predicted octanol–water partition coefficient (Wildman–Crippen LogP) is 3.10. The summed E-state index contributed by atoms with van der Waals surface area (Å²) in [6.45, 7) is 10.2. The van der Waals surface area contributed by atoms with Crippen molar-refractivity contribution in [2.45, 2.75) is 78.3 Å². The van der Waals surface area contributed by atoms with Crippen LogP contribution in [0.1, 0.15) is 66.2 Å². The van der Waals surface area contributed by atoms with Gasteiger partial charge >= 0.3 is 0 Å². The molecule has 0 radical (unpaired) electrons. The van der Waals surface area contributed by atoms with E-state index in [1.54, 1.807) is 0 Å². The summed E-state index contributed by atoms with van der Waals surface area (Å²) in [7, 11) is 0. The largest absolute Gasteiger partial charge is 0.352 e. The van der Waals surface area contributed by atoms with Crippen LogP contribution in [0.5, 0.6) is 0 Å². The molecule has 1 heterocycles. The van der Waals surface area contributed by atoms with Crippen LogP contribution in [0.3, 0.4) is 0 Å². The number of carbonyl (C=O) groups is 1. The number of hydrogen-bond acceptors (Lipinski definition) is 2. The van der Waals surface area contributed by atoms with Crippen molar-refractivity contribution in [1.29, 1.82) is 0 Å². The van der Waals surface area contributed by atoms with E-state index in [1.807, 2.05) is 0 Å². The molecule has 1 saturated heterocycles. The minimum atomic E-state index is 0.0290. The zero-order valence-electron chi connectivity index (χ0n) is 13.7. The first-order chi connectivity index (χ1) is 9.38. The average Bonchev–Trinajstić information content (AvgIpc) is 2.38. The summed E-state index contributed by atoms with van der Waals surface area (Å²) >= 11 is 0. The quantitative estimate of drug-likeness (QED) is 0.816. The molecule has 0 spiro atoms. The Labute approximate surface area is 124 Å². The van der Waals surface area contributed by atoms with E-state index in [-0.39, 0.29) is 17.4 Å². The van der Waals surface area contributed by atoms with Crippen molar-refractivity contribution >= 4 is 5.91 Å². The molecule has 0 aromatic carbocycles. The third kappa shape index (κ3) is 3.97. The van der Waals surface area contributed by atoms with Crippen LogP contribution in [0.25, 0.3) is 0 Å². The van der Waals surface area contributed by atoms with Crippen LogP contribution in [0.2, 0.25) is 0 Å². The van der Waals surface area contributed by atoms with Gasteiger partial charge in [0.25, 0.3) is 0 Å². The molecule has 1 aliphatic heterocycles. The number of rotatable bonds is 2. The fourth-order valence-electron chi connectivity index (χ4n) is 3.93. The lowest BCUT2D eigenvalue weighted by atomic mass is 9.69. The first kappa shape index (κ1) is 15.8. The van der Waals surface area contributed by atoms with Crippen molar-refractivity contribution in [3.8, 4) is 0 Å². The molecule has 1 saturated carbocycles. The number of amides is 1. The molecule has 116 valence electrons. The molecule has 2 N–H and O–H groups in total. The van der Waals surface area contributed by atoms with Crippen LogP contribution in [-0.2, 0) is 4.79 Å². The summed E-state index contributed by atoms with van der Waals surface area (Å²) in [5.41, 5.74) is 0.283. The van der Waals surface area contributed by atoms with E-state index >= 15 is 0 Å². The maximum Gasteiger partial charge on any atom is 0.237 e. The van der Waals surface area contributed by atoms with Crippen molar-refractivity contribution in [2.75, 3.05) is 6.54 Å². The normalized spacial score (nSPS) is 35.6. The Morgan fingerprint density at radius 3 is 2.50 bits per heavy atom. The minimum absolute atomic E-state index is 0.0290. The van der Waals surface area contributed by atoms with Gasteiger partial charge in [0.05, 0.1) is 6.04 Å². The van der Waals surface area contributed by atoms with Crippen molar-refractivity contribution < 1.29 is 4.79 Å². The van der Waals surface area contributed by atoms with Gasteiger partial charge in [-0.05, 0) is 49.5 Å². The fraction of sp³-hybridized carbons (Fsp3) is 0.941. The molecule has 1 amide bonds. The Bertz CT molecular complexity index is 334. The number of hydrogen-bond donors (Lipinski definition) is 2. The second kappa shape index (κ2) is 6.46. The molecule has 20 heavy (non-hydrogen) atoms. The van der Waals surface area contributed by atoms with Gasteiger partial charge in [0.1, 0.15) is 0 Å². The van der Waals surface area contributed by atoms with Crippen LogP contribution in [0, 0.1) is 17.3 Å². The SMILES string of the molecule is CC1CCNC(C(=O)NC2CCCCC2C(C)(C)C)C1. The van der Waals surface area contributed by atoms with Gasteiger partial charge in [-0.3, -0.25) is 4.79 Å². The average molecular weight is 280 g/mol. The van der Waals surface area contributed by atoms with E-state index in [1.165, 1.54) is 25.7 Å². The van der Waals surface area contributed by atoms with Crippen molar-refractivity contribution in [1.82, 2.24) is 10.6 Å². The van der Waals surface area contributed by atoms with E-state index in [2.05, 4.69) is 38.3 Å². The maximum absolute atomic E-state index is 12.5. The first-order valence-corrected chi connectivity index (χ1v) is 8.41. The molecule has 3 nitrogen and oxygen atoms in total. The third-order valence-corrected chi connectivity index (χ3v) is 5.19. The Kier molecular flexibility index (Phi) is 5.11. The van der Waals surface area contributed by atoms with E-state index in [9.17, 15) is 4.79 Å². The summed E-state index contributed by atoms with van der Waals surface area (Å²) in [4.78, 5) is 12.5. The van der Waals surface area contributed by atoms with Crippen LogP contribution in [-0.4, -0.2) is 24.5 Å². The zero-order valence-corrected chi connectivity index (χ0v) is 13.7. The number of carbonyl (C=O) groups excluding carboxylic acids is 1. The van der Waals surface area contributed by atoms with Gasteiger partial charge in [0.15, 0.2) is 0 Å². The van der Waals surface area contributed by atoms with Crippen molar-refractivity contribution in [3.05, 3.63) is 0 Å². The Morgan fingerprint density at radius 2 is 1.85 bits per heavy atom. The molecular weight excluding hydrogens is 248 g/mol. The van der Waals surface area contributed by atoms with Crippen molar-refractivity contribution in [2.24, 2.45) is 17.3 Å². The molecule has 4 unspecified atom stereocenters. The smallest absolute Gasteiger partial charge is 0.237 e. The van der Waals surface area contributed by atoms with Gasteiger partial charge in [-0.2, -0.15) is 0 Å². The highest BCUT2D eigenvalue weighted by Gasteiger charge is 2.36. The number of piperidine rings is 1. The molecule has 1 aliphatic carbocycles. The topological polar surface area (TPSA) is 41.1 Å². The highest BCUT2D eigenvalue weighted by atomic mass is 16.2. The van der Waals surface area contributed by atoms with Gasteiger partial charge in [0, 0.05) is 6.04 Å². The van der Waals surface area contributed by atoms with Crippen molar-refractivity contribution in [3.63, 3.8) is 0 Å². The van der Waals surface area contributed by atoms with Crippen LogP contribution < -0.4 is 10.6 Å². The Balaban J connectivity index is 1.94. The first-order valence-electron chi connectivity index (χ1n) is 8.41. The lowest BCUT2D eigenvalue weighted by Crippen LogP contribution is -2.54. The Morgan fingerprint density at radius 1 is 1.15 bits per heavy atom. The summed E-state index contributed by atoms with van der Waals surface area (Å²) in [5.74, 6) is 1.51. The van der Waals surface area contributed by atoms with Gasteiger partial charge < -0.3 is 10.6 Å². The molecule has 2 fully saturated rings. The Hall–Kier alpha value is -0.570. The van der Waals surface area contributed by atoms with E-state index in [4.69, 9.17) is 0 Å². The standard InChI is InChI=1S/C17H32N2O/c1-12-9-10-18-15(11-12)16(20)19-14-8-6-5-7-13(14)17(2,3)4/h12-15,18H,5-11H2,1-4H3,(H,19,20). The summed E-state index contributed by atoms with van der Waals surface area (Å²) in [6, 6.07) is 0.400. The molecule has 3 heteroatoms. The second-order valence-electron chi connectivity index (χ2n) is 8.01. The minimum Gasteiger partial charge on any atom is -0.352 e. The van der Waals surface area contributed by atoms with E-state index < -0.39 is 0 Å². The van der Waals surface area contributed by atoms with Gasteiger partial charge in [0.2, 0.25) is 5.91 Å². The van der Waals surface area contributed by atoms with Crippen LogP contribution in [0.15, 0.2) is 0 Å². The molecule has 2 aliphatic rings. The van der Waals surface area contributed by atoms with Gasteiger partial charge in [-0.15, -0.1) is 0 Å². The highest BCUT2D eigenvalue weighted by Crippen LogP contribution is 2.38. The molecular formula is C17H32N2O. The summed E-state index contributed by atoms with van der Waals surface area (Å²) in [6.07, 6.45) is 7.15. The summed E-state index contributed by atoms with van der Waals surface area (Å²) < 4.78 is 0. The molecule has 4 atom stereocenters. The third-order valence-electron chi connectivity index (χ3n) is 5.19. The zero-order chi connectivity index (χ0) is 14.8. The fourth-order valence-corrected chi connectivity index (χ4v) is 3.93. The van der Waals surface area contributed by atoms with Crippen LogP contribution >= 0.6 is 0 Å². The van der Waals surface area contributed by atoms with E-state index in [0.29, 0.717) is 17.9 Å². The van der Waals surface area contributed by atoms with Gasteiger partial charge in [-0.1, -0.05) is 40.5 Å². The van der Waals surface area contributed by atoms with Crippen LogP contribution in [0.4, 0.5) is 0 Å². The lowest BCUT2D eigenvalue weighted by Gasteiger charge is -2.41. The molecule has 0 aromatic heterocycles.